The van der Waals surface area contributed by atoms with Crippen molar-refractivity contribution in [2.75, 3.05) is 5.43 Å². The van der Waals surface area contributed by atoms with Gasteiger partial charge in [-0.2, -0.15) is 9.89 Å². The van der Waals surface area contributed by atoms with E-state index in [2.05, 4.69) is 10.5 Å². The molecular formula is C5H7N3O. The Morgan fingerprint density at radius 1 is 1.89 bits per heavy atom. The van der Waals surface area contributed by atoms with Crippen LogP contribution in [-0.2, 0) is 4.79 Å². The Kier molecular flexibility index (Phi) is 1.48. The predicted octanol–water partition coefficient (Wildman–Crippen LogP) is -0.109. The van der Waals surface area contributed by atoms with Crippen molar-refractivity contribution in [1.82, 2.24) is 9.89 Å². The Hall–Kier alpha value is -1.32. The molecule has 0 atom stereocenters. The highest BCUT2D eigenvalue weighted by Crippen LogP contribution is 1.87. The second kappa shape index (κ2) is 2.30. The third kappa shape index (κ3) is 1.28. The molecule has 1 amide bonds. The van der Waals surface area contributed by atoms with Crippen molar-refractivity contribution in [3.05, 3.63) is 18.0 Å². The van der Waals surface area contributed by atoms with Crippen LogP contribution in [0.3, 0.4) is 0 Å². The van der Waals surface area contributed by atoms with Crippen molar-refractivity contribution in [3.63, 3.8) is 0 Å². The number of carbonyl (C=O) groups excluding carboxylic acids is 1. The molecule has 0 aromatic carbocycles. The molecule has 1 aromatic heterocycles. The van der Waals surface area contributed by atoms with Crippen molar-refractivity contribution >= 4 is 6.41 Å². The maximum absolute atomic E-state index is 9.81. The van der Waals surface area contributed by atoms with Crippen LogP contribution in [0.25, 0.3) is 0 Å². The van der Waals surface area contributed by atoms with E-state index < -0.39 is 0 Å². The van der Waals surface area contributed by atoms with Gasteiger partial charge in [-0.3, -0.25) is 4.79 Å². The molecule has 4 heteroatoms. The summed E-state index contributed by atoms with van der Waals surface area (Å²) < 4.78 is 0. The first-order valence-electron chi connectivity index (χ1n) is 2.55. The van der Waals surface area contributed by atoms with E-state index in [9.17, 15) is 4.79 Å². The topological polar surface area (TPSA) is 46.9 Å². The normalized spacial score (nSPS) is 9.00. The number of nitrogens with one attached hydrogen (secondary N) is 1. The van der Waals surface area contributed by atoms with Gasteiger partial charge in [0.2, 0.25) is 6.41 Å². The molecule has 1 aromatic rings. The first-order valence-corrected chi connectivity index (χ1v) is 2.55. The van der Waals surface area contributed by atoms with Crippen molar-refractivity contribution in [2.45, 2.75) is 6.92 Å². The number of hydrogen-bond acceptors (Lipinski definition) is 2. The molecular weight excluding hydrogens is 118 g/mol. The largest absolute Gasteiger partial charge is 0.277 e. The van der Waals surface area contributed by atoms with Gasteiger partial charge in [0.05, 0.1) is 5.69 Å². The molecule has 0 aliphatic rings. The molecule has 1 heterocycles. The van der Waals surface area contributed by atoms with Gasteiger partial charge in [0.1, 0.15) is 0 Å². The summed E-state index contributed by atoms with van der Waals surface area (Å²) in [6.45, 7) is 1.85. The minimum Gasteiger partial charge on any atom is -0.277 e. The standard InChI is InChI=1S/C5H7N3O/c1-5-2-3-8(7-5)6-4-9/h2-4H,1H3,(H,6,9). The van der Waals surface area contributed by atoms with Crippen molar-refractivity contribution in [2.24, 2.45) is 0 Å². The van der Waals surface area contributed by atoms with Gasteiger partial charge in [0.25, 0.3) is 0 Å². The number of amides is 1. The minimum atomic E-state index is 0.576. The summed E-state index contributed by atoms with van der Waals surface area (Å²) >= 11 is 0. The Balaban J connectivity index is 2.72. The fourth-order valence-corrected chi connectivity index (χ4v) is 0.541. The smallest absolute Gasteiger partial charge is 0.227 e. The molecule has 0 saturated carbocycles. The lowest BCUT2D eigenvalue weighted by molar-refractivity contribution is -0.106. The third-order valence-electron chi connectivity index (χ3n) is 0.907. The second-order valence-electron chi connectivity index (χ2n) is 1.65. The van der Waals surface area contributed by atoms with Gasteiger partial charge in [-0.05, 0) is 13.0 Å². The number of hydrogen-bond donors (Lipinski definition) is 1. The Morgan fingerprint density at radius 3 is 3.11 bits per heavy atom. The maximum atomic E-state index is 9.81. The Morgan fingerprint density at radius 2 is 2.67 bits per heavy atom. The molecule has 0 bridgehead atoms. The highest BCUT2D eigenvalue weighted by Gasteiger charge is 1.87. The highest BCUT2D eigenvalue weighted by atomic mass is 16.1. The lowest BCUT2D eigenvalue weighted by Crippen LogP contribution is -2.12. The summed E-state index contributed by atoms with van der Waals surface area (Å²) in [6.07, 6.45) is 2.25. The van der Waals surface area contributed by atoms with Gasteiger partial charge in [0.15, 0.2) is 0 Å². The SMILES string of the molecule is Cc1ccn(NC=O)n1. The number of aromatic nitrogens is 2. The minimum absolute atomic E-state index is 0.576. The molecule has 0 radical (unpaired) electrons. The summed E-state index contributed by atoms with van der Waals surface area (Å²) in [6, 6.07) is 1.80. The van der Waals surface area contributed by atoms with E-state index in [0.29, 0.717) is 6.41 Å². The average molecular weight is 125 g/mol. The van der Waals surface area contributed by atoms with Crippen LogP contribution in [0.1, 0.15) is 5.69 Å². The summed E-state index contributed by atoms with van der Waals surface area (Å²) in [7, 11) is 0. The molecule has 1 rings (SSSR count). The monoisotopic (exact) mass is 125 g/mol. The first kappa shape index (κ1) is 5.81. The molecule has 1 N–H and O–H groups in total. The van der Waals surface area contributed by atoms with Crippen LogP contribution in [0.5, 0.6) is 0 Å². The summed E-state index contributed by atoms with van der Waals surface area (Å²) in [5.74, 6) is 0. The van der Waals surface area contributed by atoms with Gasteiger partial charge in [0, 0.05) is 6.20 Å². The fourth-order valence-electron chi connectivity index (χ4n) is 0.541. The van der Waals surface area contributed by atoms with Crippen molar-refractivity contribution < 1.29 is 4.79 Å². The van der Waals surface area contributed by atoms with E-state index in [0.717, 1.165) is 5.69 Å². The summed E-state index contributed by atoms with van der Waals surface area (Å²) in [5, 5.41) is 3.87. The van der Waals surface area contributed by atoms with E-state index in [1.54, 1.807) is 12.3 Å². The molecule has 0 aliphatic carbocycles. The molecule has 0 unspecified atom stereocenters. The van der Waals surface area contributed by atoms with E-state index in [1.165, 1.54) is 4.79 Å². The first-order chi connectivity index (χ1) is 4.33. The number of rotatable bonds is 2. The fraction of sp³-hybridized carbons (Fsp3) is 0.200. The van der Waals surface area contributed by atoms with Crippen LogP contribution in [0.15, 0.2) is 12.3 Å². The van der Waals surface area contributed by atoms with Gasteiger partial charge in [-0.25, -0.2) is 5.43 Å². The molecule has 0 aliphatic heterocycles. The molecule has 0 fully saturated rings. The quantitative estimate of drug-likeness (QED) is 0.560. The lowest BCUT2D eigenvalue weighted by Gasteiger charge is -1.92. The Bertz CT molecular complexity index is 206. The molecule has 0 saturated heterocycles. The van der Waals surface area contributed by atoms with E-state index in [-0.39, 0.29) is 0 Å². The maximum Gasteiger partial charge on any atom is 0.227 e. The van der Waals surface area contributed by atoms with E-state index in [4.69, 9.17) is 0 Å². The number of carbonyl (C=O) groups is 1. The summed E-state index contributed by atoms with van der Waals surface area (Å²) in [4.78, 5) is 11.2. The van der Waals surface area contributed by atoms with E-state index in [1.807, 2.05) is 6.92 Å². The van der Waals surface area contributed by atoms with Crippen LogP contribution in [0.2, 0.25) is 0 Å². The zero-order chi connectivity index (χ0) is 6.69. The van der Waals surface area contributed by atoms with Crippen LogP contribution in [0.4, 0.5) is 0 Å². The highest BCUT2D eigenvalue weighted by molar-refractivity contribution is 5.56. The Labute approximate surface area is 52.5 Å². The van der Waals surface area contributed by atoms with Crippen LogP contribution < -0.4 is 5.43 Å². The van der Waals surface area contributed by atoms with Crippen LogP contribution in [-0.4, -0.2) is 16.3 Å². The number of aryl methyl sites for hydroxylation is 1. The van der Waals surface area contributed by atoms with Gasteiger partial charge in [-0.1, -0.05) is 0 Å². The zero-order valence-electron chi connectivity index (χ0n) is 5.03. The molecule has 48 valence electrons. The predicted molar refractivity (Wildman–Crippen MR) is 32.4 cm³/mol. The van der Waals surface area contributed by atoms with Gasteiger partial charge in [-0.15, -0.1) is 0 Å². The lowest BCUT2D eigenvalue weighted by atomic mass is 10.5. The zero-order valence-corrected chi connectivity index (χ0v) is 5.03. The third-order valence-corrected chi connectivity index (χ3v) is 0.907. The second-order valence-corrected chi connectivity index (χ2v) is 1.65. The summed E-state index contributed by atoms with van der Waals surface area (Å²) in [5.41, 5.74) is 3.23. The van der Waals surface area contributed by atoms with E-state index >= 15 is 0 Å². The number of nitrogens with zero attached hydrogens (tertiary/aromatic N) is 2. The molecule has 4 nitrogen and oxygen atoms in total. The molecule has 0 spiro atoms. The van der Waals surface area contributed by atoms with Crippen molar-refractivity contribution in [3.8, 4) is 0 Å². The molecule has 9 heavy (non-hydrogen) atoms. The average Bonchev–Trinajstić information content (AvgIpc) is 2.17. The van der Waals surface area contributed by atoms with Crippen LogP contribution in [0, 0.1) is 6.92 Å². The van der Waals surface area contributed by atoms with Crippen molar-refractivity contribution in [1.29, 1.82) is 0 Å². The van der Waals surface area contributed by atoms with Crippen LogP contribution >= 0.6 is 0 Å². The van der Waals surface area contributed by atoms with Gasteiger partial charge < -0.3 is 0 Å². The van der Waals surface area contributed by atoms with Gasteiger partial charge >= 0.3 is 0 Å².